The van der Waals surface area contributed by atoms with Crippen molar-refractivity contribution in [1.82, 2.24) is 5.32 Å². The molecule has 2 rings (SSSR count). The zero-order chi connectivity index (χ0) is 17.9. The lowest BCUT2D eigenvalue weighted by atomic mass is 9.78. The standard InChI is InChI=1S/C16H17NO7/c1-9(19)6-12(20)24-10(2)8-23-16-5-3-4-11(7-18)13(16)14(21)17-15(16)22/h3,5,10,13H,4,6,8H2,1-2H3,(H,17,21,22). The van der Waals surface area contributed by atoms with Crippen molar-refractivity contribution in [3.05, 3.63) is 17.7 Å². The molecule has 3 atom stereocenters. The van der Waals surface area contributed by atoms with Crippen LogP contribution in [0.25, 0.3) is 0 Å². The summed E-state index contributed by atoms with van der Waals surface area (Å²) < 4.78 is 10.6. The van der Waals surface area contributed by atoms with E-state index in [1.807, 2.05) is 0 Å². The van der Waals surface area contributed by atoms with E-state index in [1.54, 1.807) is 12.0 Å². The molecule has 1 aliphatic carbocycles. The maximum absolute atomic E-state index is 12.2. The summed E-state index contributed by atoms with van der Waals surface area (Å²) in [5.41, 5.74) is -1.51. The fraction of sp³-hybridized carbons (Fsp3) is 0.500. The van der Waals surface area contributed by atoms with Crippen LogP contribution in [0.5, 0.6) is 0 Å². The third kappa shape index (κ3) is 3.34. The molecule has 0 spiro atoms. The summed E-state index contributed by atoms with van der Waals surface area (Å²) >= 11 is 0. The predicted octanol–water partition coefficient (Wildman–Crippen LogP) is -0.357. The molecule has 128 valence electrons. The third-order valence-corrected chi connectivity index (χ3v) is 3.75. The van der Waals surface area contributed by atoms with E-state index >= 15 is 0 Å². The number of carbonyl (C=O) groups is 4. The maximum Gasteiger partial charge on any atom is 0.313 e. The topological polar surface area (TPSA) is 116 Å². The van der Waals surface area contributed by atoms with Gasteiger partial charge in [0, 0.05) is 5.57 Å². The van der Waals surface area contributed by atoms with E-state index in [9.17, 15) is 24.0 Å². The van der Waals surface area contributed by atoms with Gasteiger partial charge in [0.1, 0.15) is 30.2 Å². The molecule has 2 aliphatic rings. The van der Waals surface area contributed by atoms with Crippen LogP contribution in [0, 0.1) is 5.92 Å². The summed E-state index contributed by atoms with van der Waals surface area (Å²) in [5.74, 6) is -1.71. The fourth-order valence-corrected chi connectivity index (χ4v) is 2.73. The molecule has 2 amide bonds. The normalized spacial score (nSPS) is 26.4. The Kier molecular flexibility index (Phi) is 5.11. The van der Waals surface area contributed by atoms with Crippen LogP contribution < -0.4 is 5.32 Å². The Morgan fingerprint density at radius 1 is 1.46 bits per heavy atom. The molecule has 1 saturated heterocycles. The number of imide groups is 1. The number of rotatable bonds is 6. The van der Waals surface area contributed by atoms with E-state index in [2.05, 4.69) is 5.32 Å². The minimum Gasteiger partial charge on any atom is -0.460 e. The monoisotopic (exact) mass is 335 g/mol. The van der Waals surface area contributed by atoms with Gasteiger partial charge in [0.05, 0.1) is 6.61 Å². The van der Waals surface area contributed by atoms with Crippen LogP contribution in [-0.4, -0.2) is 47.8 Å². The highest BCUT2D eigenvalue weighted by Gasteiger charge is 2.58. The Bertz CT molecular complexity index is 674. The van der Waals surface area contributed by atoms with E-state index in [4.69, 9.17) is 9.47 Å². The highest BCUT2D eigenvalue weighted by molar-refractivity contribution is 6.12. The van der Waals surface area contributed by atoms with Gasteiger partial charge in [-0.1, -0.05) is 6.08 Å². The molecule has 24 heavy (non-hydrogen) atoms. The van der Waals surface area contributed by atoms with E-state index in [0.717, 1.165) is 0 Å². The molecular formula is C16H17NO7. The summed E-state index contributed by atoms with van der Waals surface area (Å²) in [5, 5.41) is 2.15. The summed E-state index contributed by atoms with van der Waals surface area (Å²) in [6, 6.07) is 0. The maximum atomic E-state index is 12.2. The van der Waals surface area contributed by atoms with Crippen LogP contribution in [0.2, 0.25) is 0 Å². The molecule has 1 N–H and O–H groups in total. The van der Waals surface area contributed by atoms with E-state index in [-0.39, 0.29) is 30.8 Å². The van der Waals surface area contributed by atoms with E-state index < -0.39 is 35.4 Å². The number of ether oxygens (including phenoxy) is 2. The zero-order valence-corrected chi connectivity index (χ0v) is 13.3. The lowest BCUT2D eigenvalue weighted by Crippen LogP contribution is -2.47. The molecule has 0 bridgehead atoms. The highest BCUT2D eigenvalue weighted by atomic mass is 16.6. The van der Waals surface area contributed by atoms with Crippen molar-refractivity contribution in [3.8, 4) is 0 Å². The van der Waals surface area contributed by atoms with Crippen LogP contribution in [0.4, 0.5) is 0 Å². The Balaban J connectivity index is 2.10. The second-order valence-corrected chi connectivity index (χ2v) is 5.77. The molecule has 0 aromatic rings. The van der Waals surface area contributed by atoms with Gasteiger partial charge in [-0.15, -0.1) is 0 Å². The molecule has 1 heterocycles. The van der Waals surface area contributed by atoms with Gasteiger partial charge >= 0.3 is 5.97 Å². The zero-order valence-electron chi connectivity index (χ0n) is 13.3. The number of amides is 2. The predicted molar refractivity (Wildman–Crippen MR) is 79.1 cm³/mol. The summed E-state index contributed by atoms with van der Waals surface area (Å²) in [4.78, 5) is 57.5. The number of fused-ring (bicyclic) bond motifs is 1. The van der Waals surface area contributed by atoms with Crippen molar-refractivity contribution in [2.75, 3.05) is 6.61 Å². The number of Topliss-reactive ketones (excluding diaryl/α,β-unsaturated/α-hetero) is 1. The Labute approximate surface area is 137 Å². The van der Waals surface area contributed by atoms with Crippen LogP contribution >= 0.6 is 0 Å². The first kappa shape index (κ1) is 17.8. The number of nitrogens with one attached hydrogen (secondary N) is 1. The van der Waals surface area contributed by atoms with Crippen molar-refractivity contribution < 1.29 is 33.4 Å². The molecular weight excluding hydrogens is 318 g/mol. The molecule has 0 saturated carbocycles. The number of esters is 1. The number of ketones is 1. The quantitative estimate of drug-likeness (QED) is 0.232. The molecule has 0 radical (unpaired) electrons. The largest absolute Gasteiger partial charge is 0.460 e. The first-order chi connectivity index (χ1) is 11.3. The number of hydrogen-bond donors (Lipinski definition) is 1. The molecule has 8 nitrogen and oxygen atoms in total. The van der Waals surface area contributed by atoms with E-state index in [0.29, 0.717) is 0 Å². The van der Waals surface area contributed by atoms with Crippen LogP contribution in [0.3, 0.4) is 0 Å². The first-order valence-corrected chi connectivity index (χ1v) is 7.40. The highest BCUT2D eigenvalue weighted by Crippen LogP contribution is 2.39. The number of allylic oxidation sites excluding steroid dienone is 1. The van der Waals surface area contributed by atoms with E-state index in [1.165, 1.54) is 19.9 Å². The lowest BCUT2D eigenvalue weighted by Gasteiger charge is -2.32. The minimum atomic E-state index is -1.64. The van der Waals surface area contributed by atoms with Crippen molar-refractivity contribution in [1.29, 1.82) is 0 Å². The second kappa shape index (κ2) is 6.90. The van der Waals surface area contributed by atoms with Crippen molar-refractivity contribution in [2.45, 2.75) is 38.4 Å². The first-order valence-electron chi connectivity index (χ1n) is 7.40. The van der Waals surface area contributed by atoms with Gasteiger partial charge in [-0.3, -0.25) is 24.5 Å². The summed E-state index contributed by atoms with van der Waals surface area (Å²) in [6.07, 6.45) is 2.11. The van der Waals surface area contributed by atoms with Crippen molar-refractivity contribution in [2.24, 2.45) is 5.92 Å². The van der Waals surface area contributed by atoms with Gasteiger partial charge in [-0.05, 0) is 26.3 Å². The van der Waals surface area contributed by atoms with Gasteiger partial charge in [0.25, 0.3) is 5.91 Å². The fourth-order valence-electron chi connectivity index (χ4n) is 2.73. The molecule has 0 aromatic carbocycles. The minimum absolute atomic E-state index is 0.127. The molecule has 3 unspecified atom stereocenters. The molecule has 1 fully saturated rings. The van der Waals surface area contributed by atoms with Crippen LogP contribution in [-0.2, 0) is 33.4 Å². The smallest absolute Gasteiger partial charge is 0.313 e. The third-order valence-electron chi connectivity index (χ3n) is 3.75. The average Bonchev–Trinajstić information content (AvgIpc) is 2.76. The van der Waals surface area contributed by atoms with Crippen molar-refractivity contribution >= 4 is 29.5 Å². The molecule has 8 heteroatoms. The van der Waals surface area contributed by atoms with Gasteiger partial charge < -0.3 is 9.47 Å². The number of hydrogen-bond acceptors (Lipinski definition) is 7. The summed E-state index contributed by atoms with van der Waals surface area (Å²) in [7, 11) is 0. The van der Waals surface area contributed by atoms with Crippen LogP contribution in [0.1, 0.15) is 26.7 Å². The Hall–Kier alpha value is -2.57. The summed E-state index contributed by atoms with van der Waals surface area (Å²) in [6.45, 7) is 2.61. The molecule has 0 aromatic heterocycles. The van der Waals surface area contributed by atoms with Gasteiger partial charge in [-0.2, -0.15) is 0 Å². The number of carbonyl (C=O) groups excluding carboxylic acids is 5. The average molecular weight is 335 g/mol. The van der Waals surface area contributed by atoms with Gasteiger partial charge in [0.2, 0.25) is 5.91 Å². The SMILES string of the molecule is CC(=O)CC(=O)OC(C)COC12C=CCC(=C=O)C1C(=O)NC2=O. The lowest BCUT2D eigenvalue weighted by molar-refractivity contribution is -0.158. The molecule has 1 aliphatic heterocycles. The second-order valence-electron chi connectivity index (χ2n) is 5.77. The van der Waals surface area contributed by atoms with Crippen LogP contribution in [0.15, 0.2) is 17.7 Å². The Morgan fingerprint density at radius 2 is 2.17 bits per heavy atom. The Morgan fingerprint density at radius 3 is 2.79 bits per heavy atom. The van der Waals surface area contributed by atoms with Gasteiger partial charge in [-0.25, -0.2) is 4.79 Å². The van der Waals surface area contributed by atoms with Gasteiger partial charge in [0.15, 0.2) is 5.60 Å². The van der Waals surface area contributed by atoms with Crippen molar-refractivity contribution in [3.63, 3.8) is 0 Å².